The minimum atomic E-state index is -4.34. The van der Waals surface area contributed by atoms with Gasteiger partial charge in [-0.05, 0) is 38.6 Å². The number of anilines is 2. The van der Waals surface area contributed by atoms with E-state index in [0.717, 1.165) is 10.5 Å². The molecule has 0 fully saturated rings. The van der Waals surface area contributed by atoms with E-state index in [2.05, 4.69) is 5.32 Å². The first-order chi connectivity index (χ1) is 9.10. The van der Waals surface area contributed by atoms with Gasteiger partial charge in [0.2, 0.25) is 5.91 Å². The number of nitrogen functional groups attached to an aromatic ring is 1. The number of nitrogens with one attached hydrogen (secondary N) is 1. The van der Waals surface area contributed by atoms with E-state index in [0.29, 0.717) is 11.4 Å². The average molecular weight is 289 g/mol. The molecular formula is C13H18F3N3O. The molecule has 1 aromatic carbocycles. The molecule has 112 valence electrons. The zero-order valence-corrected chi connectivity index (χ0v) is 11.6. The predicted molar refractivity (Wildman–Crippen MR) is 72.4 cm³/mol. The van der Waals surface area contributed by atoms with E-state index in [9.17, 15) is 18.0 Å². The van der Waals surface area contributed by atoms with Gasteiger partial charge < -0.3 is 11.1 Å². The maximum Gasteiger partial charge on any atom is 0.401 e. The normalized spacial score (nSPS) is 13.3. The summed E-state index contributed by atoms with van der Waals surface area (Å²) in [5, 5.41) is 2.59. The van der Waals surface area contributed by atoms with Gasteiger partial charge in [0.1, 0.15) is 0 Å². The van der Waals surface area contributed by atoms with Crippen molar-refractivity contribution in [1.29, 1.82) is 0 Å². The topological polar surface area (TPSA) is 58.4 Å². The molecule has 7 heteroatoms. The molecule has 0 aromatic heterocycles. The highest BCUT2D eigenvalue weighted by Gasteiger charge is 2.32. The van der Waals surface area contributed by atoms with Gasteiger partial charge in [-0.1, -0.05) is 6.07 Å². The van der Waals surface area contributed by atoms with Crippen LogP contribution in [0, 0.1) is 6.92 Å². The molecule has 0 saturated heterocycles. The zero-order chi connectivity index (χ0) is 15.5. The molecule has 0 saturated carbocycles. The number of nitrogens with two attached hydrogens (primary N) is 1. The SMILES string of the molecule is Cc1ccc(N)cc1NC(=O)C(C)N(C)CC(F)(F)F. The highest BCUT2D eigenvalue weighted by molar-refractivity contribution is 5.95. The van der Waals surface area contributed by atoms with Crippen LogP contribution in [0.15, 0.2) is 18.2 Å². The largest absolute Gasteiger partial charge is 0.401 e. The number of halogens is 3. The third-order valence-electron chi connectivity index (χ3n) is 2.99. The molecule has 1 unspecified atom stereocenters. The summed E-state index contributed by atoms with van der Waals surface area (Å²) in [6.07, 6.45) is -4.34. The Kier molecular flexibility index (Phi) is 4.99. The Bertz CT molecular complexity index is 488. The Morgan fingerprint density at radius 3 is 2.60 bits per heavy atom. The number of rotatable bonds is 4. The molecule has 0 bridgehead atoms. The monoisotopic (exact) mass is 289 g/mol. The van der Waals surface area contributed by atoms with Crippen LogP contribution in [0.5, 0.6) is 0 Å². The summed E-state index contributed by atoms with van der Waals surface area (Å²) in [5.41, 5.74) is 7.38. The van der Waals surface area contributed by atoms with Crippen LogP contribution in [0.2, 0.25) is 0 Å². The van der Waals surface area contributed by atoms with Crippen molar-refractivity contribution in [2.45, 2.75) is 26.1 Å². The molecule has 1 rings (SSSR count). The molecule has 0 aliphatic rings. The van der Waals surface area contributed by atoms with Crippen LogP contribution < -0.4 is 11.1 Å². The number of carbonyl (C=O) groups is 1. The minimum Gasteiger partial charge on any atom is -0.399 e. The summed E-state index contributed by atoms with van der Waals surface area (Å²) in [7, 11) is 1.25. The molecule has 0 heterocycles. The average Bonchev–Trinajstić information content (AvgIpc) is 2.30. The van der Waals surface area contributed by atoms with Crippen molar-refractivity contribution in [3.63, 3.8) is 0 Å². The number of amides is 1. The fourth-order valence-corrected chi connectivity index (χ4v) is 1.63. The van der Waals surface area contributed by atoms with Crippen molar-refractivity contribution in [2.24, 2.45) is 0 Å². The Morgan fingerprint density at radius 1 is 1.45 bits per heavy atom. The summed E-state index contributed by atoms with van der Waals surface area (Å²) in [5.74, 6) is -0.509. The van der Waals surface area contributed by atoms with Gasteiger partial charge in [0.05, 0.1) is 12.6 Å². The lowest BCUT2D eigenvalue weighted by Gasteiger charge is -2.25. The van der Waals surface area contributed by atoms with Crippen molar-refractivity contribution in [3.8, 4) is 0 Å². The van der Waals surface area contributed by atoms with Crippen molar-refractivity contribution in [2.75, 3.05) is 24.6 Å². The summed E-state index contributed by atoms with van der Waals surface area (Å²) < 4.78 is 36.9. The minimum absolute atomic E-state index is 0.474. The number of nitrogens with zero attached hydrogens (tertiary/aromatic N) is 1. The maximum absolute atomic E-state index is 12.3. The van der Waals surface area contributed by atoms with E-state index in [1.807, 2.05) is 0 Å². The number of benzene rings is 1. The highest BCUT2D eigenvalue weighted by atomic mass is 19.4. The van der Waals surface area contributed by atoms with Crippen LogP contribution in [0.1, 0.15) is 12.5 Å². The van der Waals surface area contributed by atoms with Gasteiger partial charge in [-0.2, -0.15) is 13.2 Å². The molecule has 1 aromatic rings. The number of likely N-dealkylation sites (N-methyl/N-ethyl adjacent to an activating group) is 1. The van der Waals surface area contributed by atoms with E-state index in [1.165, 1.54) is 14.0 Å². The summed E-state index contributed by atoms with van der Waals surface area (Å²) in [4.78, 5) is 12.9. The van der Waals surface area contributed by atoms with Crippen LogP contribution in [0.25, 0.3) is 0 Å². The molecule has 3 N–H and O–H groups in total. The van der Waals surface area contributed by atoms with Gasteiger partial charge in [-0.25, -0.2) is 0 Å². The second-order valence-corrected chi connectivity index (χ2v) is 4.77. The first kappa shape index (κ1) is 16.3. The van der Waals surface area contributed by atoms with E-state index in [-0.39, 0.29) is 0 Å². The lowest BCUT2D eigenvalue weighted by molar-refractivity contribution is -0.149. The van der Waals surface area contributed by atoms with Crippen molar-refractivity contribution in [1.82, 2.24) is 4.90 Å². The van der Waals surface area contributed by atoms with Gasteiger partial charge in [0, 0.05) is 11.4 Å². The quantitative estimate of drug-likeness (QED) is 0.837. The van der Waals surface area contributed by atoms with E-state index in [1.54, 1.807) is 25.1 Å². The zero-order valence-electron chi connectivity index (χ0n) is 11.6. The predicted octanol–water partition coefficient (Wildman–Crippen LogP) is 2.40. The number of hydrogen-bond donors (Lipinski definition) is 2. The summed E-state index contributed by atoms with van der Waals surface area (Å²) in [6, 6.07) is 4.08. The van der Waals surface area contributed by atoms with Gasteiger partial charge in [-0.3, -0.25) is 9.69 Å². The molecule has 1 atom stereocenters. The van der Waals surface area contributed by atoms with Crippen molar-refractivity contribution < 1.29 is 18.0 Å². The molecule has 1 amide bonds. The van der Waals surface area contributed by atoms with Crippen LogP contribution in [0.4, 0.5) is 24.5 Å². The Labute approximate surface area is 115 Å². The van der Waals surface area contributed by atoms with Crippen molar-refractivity contribution in [3.05, 3.63) is 23.8 Å². The molecule has 20 heavy (non-hydrogen) atoms. The van der Waals surface area contributed by atoms with Gasteiger partial charge >= 0.3 is 6.18 Å². The number of alkyl halides is 3. The fraction of sp³-hybridized carbons (Fsp3) is 0.462. The first-order valence-corrected chi connectivity index (χ1v) is 6.04. The second-order valence-electron chi connectivity index (χ2n) is 4.77. The van der Waals surface area contributed by atoms with Crippen molar-refractivity contribution >= 4 is 17.3 Å². The molecular weight excluding hydrogens is 271 g/mol. The smallest absolute Gasteiger partial charge is 0.399 e. The highest BCUT2D eigenvalue weighted by Crippen LogP contribution is 2.20. The Morgan fingerprint density at radius 2 is 2.05 bits per heavy atom. The molecule has 0 radical (unpaired) electrons. The number of hydrogen-bond acceptors (Lipinski definition) is 3. The number of aryl methyl sites for hydroxylation is 1. The van der Waals surface area contributed by atoms with Gasteiger partial charge in [-0.15, -0.1) is 0 Å². The Hall–Kier alpha value is -1.76. The van der Waals surface area contributed by atoms with Gasteiger partial charge in [0.15, 0.2) is 0 Å². The molecule has 4 nitrogen and oxygen atoms in total. The summed E-state index contributed by atoms with van der Waals surface area (Å²) >= 11 is 0. The molecule has 0 aliphatic carbocycles. The van der Waals surface area contributed by atoms with E-state index >= 15 is 0 Å². The van der Waals surface area contributed by atoms with Crippen LogP contribution in [0.3, 0.4) is 0 Å². The van der Waals surface area contributed by atoms with E-state index < -0.39 is 24.7 Å². The molecule has 0 spiro atoms. The van der Waals surface area contributed by atoms with Crippen LogP contribution in [-0.2, 0) is 4.79 Å². The molecule has 0 aliphatic heterocycles. The van der Waals surface area contributed by atoms with E-state index in [4.69, 9.17) is 5.73 Å². The third kappa shape index (κ3) is 4.73. The van der Waals surface area contributed by atoms with Crippen LogP contribution >= 0.6 is 0 Å². The third-order valence-corrected chi connectivity index (χ3v) is 2.99. The van der Waals surface area contributed by atoms with Gasteiger partial charge in [0.25, 0.3) is 0 Å². The fourth-order valence-electron chi connectivity index (χ4n) is 1.63. The first-order valence-electron chi connectivity index (χ1n) is 6.04. The lowest BCUT2D eigenvalue weighted by Crippen LogP contribution is -2.44. The Balaban J connectivity index is 2.73. The maximum atomic E-state index is 12.3. The second kappa shape index (κ2) is 6.13. The number of carbonyl (C=O) groups excluding carboxylic acids is 1. The standard InChI is InChI=1S/C13H18F3N3O/c1-8-4-5-10(17)6-11(8)18-12(20)9(2)19(3)7-13(14,15)16/h4-6,9H,7,17H2,1-3H3,(H,18,20). The lowest BCUT2D eigenvalue weighted by atomic mass is 10.1. The summed E-state index contributed by atoms with van der Waals surface area (Å²) in [6.45, 7) is 2.05. The van der Waals surface area contributed by atoms with Crippen LogP contribution in [-0.4, -0.2) is 36.6 Å².